The molecule has 2 aliphatic heterocycles. The fraction of sp³-hybridized carbons (Fsp3) is 0.150. The highest BCUT2D eigenvalue weighted by atomic mass is 32.2. The van der Waals surface area contributed by atoms with Gasteiger partial charge in [-0.3, -0.25) is 9.59 Å². The van der Waals surface area contributed by atoms with Crippen molar-refractivity contribution in [3.63, 3.8) is 0 Å². The Morgan fingerprint density at radius 1 is 1.19 bits per heavy atom. The average molecular weight is 439 g/mol. The summed E-state index contributed by atoms with van der Waals surface area (Å²) >= 11 is 0.912. The van der Waals surface area contributed by atoms with Crippen molar-refractivity contribution in [2.75, 3.05) is 11.7 Å². The van der Waals surface area contributed by atoms with E-state index in [-0.39, 0.29) is 29.6 Å². The third-order valence-corrected chi connectivity index (χ3v) is 5.44. The predicted molar refractivity (Wildman–Crippen MR) is 111 cm³/mol. The van der Waals surface area contributed by atoms with Gasteiger partial charge < -0.3 is 25.1 Å². The Morgan fingerprint density at radius 3 is 2.81 bits per heavy atom. The van der Waals surface area contributed by atoms with E-state index in [1.54, 1.807) is 18.2 Å². The van der Waals surface area contributed by atoms with Gasteiger partial charge in [0.15, 0.2) is 16.7 Å². The summed E-state index contributed by atoms with van der Waals surface area (Å²) in [5.41, 5.74) is 6.60. The summed E-state index contributed by atoms with van der Waals surface area (Å²) in [7, 11) is 0. The molecular formula is C20H15N4O6S-. The number of thioether (sulfide) groups is 1. The number of carbonyl (C=O) groups excluding carboxylic acids is 3. The van der Waals surface area contributed by atoms with Crippen LogP contribution in [-0.4, -0.2) is 41.2 Å². The Bertz CT molecular complexity index is 1130. The van der Waals surface area contributed by atoms with Crippen LogP contribution in [0.25, 0.3) is 0 Å². The zero-order chi connectivity index (χ0) is 22.0. The molecule has 0 saturated carbocycles. The first kappa shape index (κ1) is 20.4. The standard InChI is InChI=1S/C20H16N4O6S/c21-20(23-22-9-11-4-5-14-15(6-11)30-10-29-14)31-16-8-17(25)24(18(16)26)13-3-1-2-12(7-13)19(27)28/h1-7,9,16H,8,10H2,(H2,21,23)(H,27,28)/p-1/b22-9-/t16-/m1/s1. The van der Waals surface area contributed by atoms with Crippen molar-refractivity contribution in [3.8, 4) is 11.5 Å². The van der Waals surface area contributed by atoms with Gasteiger partial charge in [0.25, 0.3) is 0 Å². The van der Waals surface area contributed by atoms with Gasteiger partial charge in [-0.05, 0) is 41.5 Å². The van der Waals surface area contributed by atoms with Crippen LogP contribution in [0.15, 0.2) is 52.7 Å². The van der Waals surface area contributed by atoms with Crippen molar-refractivity contribution in [2.24, 2.45) is 15.9 Å². The predicted octanol–water partition coefficient (Wildman–Crippen LogP) is 0.493. The average Bonchev–Trinajstić information content (AvgIpc) is 3.31. The molecule has 2 aromatic rings. The summed E-state index contributed by atoms with van der Waals surface area (Å²) in [6.07, 6.45) is 1.37. The van der Waals surface area contributed by atoms with Crippen molar-refractivity contribution in [2.45, 2.75) is 11.7 Å². The SMILES string of the molecule is NC(=N/N=C\c1ccc2c(c1)OCO2)S[C@@H]1CC(=O)N(c2cccc(C(=O)[O-])c2)C1=O. The molecule has 31 heavy (non-hydrogen) atoms. The topological polar surface area (TPSA) is 147 Å². The molecule has 2 aliphatic rings. The first-order valence-corrected chi connectivity index (χ1v) is 9.91. The number of carboxylic acid groups (broad SMARTS) is 1. The molecule has 1 atom stereocenters. The molecule has 1 fully saturated rings. The second-order valence-corrected chi connectivity index (χ2v) is 7.73. The molecule has 10 nitrogen and oxygen atoms in total. The maximum absolute atomic E-state index is 12.7. The lowest BCUT2D eigenvalue weighted by Gasteiger charge is -2.16. The Balaban J connectivity index is 1.42. The Morgan fingerprint density at radius 2 is 2.00 bits per heavy atom. The number of amides is 2. The monoisotopic (exact) mass is 439 g/mol. The number of nitrogens with zero attached hydrogens (tertiary/aromatic N) is 3. The minimum atomic E-state index is -1.40. The van der Waals surface area contributed by atoms with Crippen LogP contribution in [0.5, 0.6) is 11.5 Å². The molecule has 0 spiro atoms. The number of hydrogen-bond donors (Lipinski definition) is 1. The molecule has 2 amide bonds. The summed E-state index contributed by atoms with van der Waals surface area (Å²) < 4.78 is 10.5. The van der Waals surface area contributed by atoms with Gasteiger partial charge in [0.1, 0.15) is 5.25 Å². The van der Waals surface area contributed by atoms with Crippen LogP contribution in [0.4, 0.5) is 5.69 Å². The van der Waals surface area contributed by atoms with Crippen LogP contribution in [0.3, 0.4) is 0 Å². The van der Waals surface area contributed by atoms with E-state index in [4.69, 9.17) is 15.2 Å². The van der Waals surface area contributed by atoms with Gasteiger partial charge in [-0.1, -0.05) is 23.9 Å². The number of anilines is 1. The van der Waals surface area contributed by atoms with E-state index >= 15 is 0 Å². The molecule has 0 bridgehead atoms. The number of aromatic carboxylic acids is 1. The van der Waals surface area contributed by atoms with Crippen molar-refractivity contribution >= 4 is 46.6 Å². The van der Waals surface area contributed by atoms with Crippen LogP contribution in [0.1, 0.15) is 22.3 Å². The van der Waals surface area contributed by atoms with E-state index in [2.05, 4.69) is 10.2 Å². The number of benzene rings is 2. The molecule has 0 aliphatic carbocycles. The molecule has 4 rings (SSSR count). The van der Waals surface area contributed by atoms with Gasteiger partial charge in [0.2, 0.25) is 18.6 Å². The van der Waals surface area contributed by atoms with Gasteiger partial charge in [-0.25, -0.2) is 4.90 Å². The first-order valence-electron chi connectivity index (χ1n) is 9.03. The number of hydrogen-bond acceptors (Lipinski definition) is 9. The van der Waals surface area contributed by atoms with E-state index in [0.29, 0.717) is 11.5 Å². The molecule has 0 aromatic heterocycles. The molecule has 1 saturated heterocycles. The third-order valence-electron chi connectivity index (χ3n) is 4.47. The summed E-state index contributed by atoms with van der Waals surface area (Å²) in [4.78, 5) is 37.0. The van der Waals surface area contributed by atoms with E-state index < -0.39 is 23.0 Å². The van der Waals surface area contributed by atoms with Gasteiger partial charge in [-0.2, -0.15) is 5.10 Å². The maximum Gasteiger partial charge on any atom is 0.247 e. The van der Waals surface area contributed by atoms with Crippen LogP contribution in [0.2, 0.25) is 0 Å². The normalized spacial score (nSPS) is 18.3. The highest BCUT2D eigenvalue weighted by Crippen LogP contribution is 2.32. The second-order valence-electron chi connectivity index (χ2n) is 6.51. The van der Waals surface area contributed by atoms with Crippen LogP contribution >= 0.6 is 11.8 Å². The van der Waals surface area contributed by atoms with Crippen LogP contribution < -0.4 is 25.2 Å². The largest absolute Gasteiger partial charge is 0.545 e. The van der Waals surface area contributed by atoms with Gasteiger partial charge >= 0.3 is 0 Å². The summed E-state index contributed by atoms with van der Waals surface area (Å²) in [5, 5.41) is 18.0. The highest BCUT2D eigenvalue weighted by Gasteiger charge is 2.40. The van der Waals surface area contributed by atoms with Gasteiger partial charge in [-0.15, -0.1) is 5.10 Å². The zero-order valence-electron chi connectivity index (χ0n) is 15.9. The third kappa shape index (κ3) is 4.36. The number of carboxylic acids is 1. The zero-order valence-corrected chi connectivity index (χ0v) is 16.7. The minimum absolute atomic E-state index is 0.00785. The van der Waals surface area contributed by atoms with E-state index in [9.17, 15) is 19.5 Å². The van der Waals surface area contributed by atoms with E-state index in [0.717, 1.165) is 22.2 Å². The number of rotatable bonds is 5. The Hall–Kier alpha value is -3.86. The first-order chi connectivity index (χ1) is 14.9. The fourth-order valence-corrected chi connectivity index (χ4v) is 3.87. The Kier molecular flexibility index (Phi) is 5.58. The molecule has 11 heteroatoms. The molecular weight excluding hydrogens is 424 g/mol. The number of imide groups is 1. The number of carbonyl (C=O) groups is 3. The smallest absolute Gasteiger partial charge is 0.247 e. The fourth-order valence-electron chi connectivity index (χ4n) is 3.05. The lowest BCUT2D eigenvalue weighted by molar-refractivity contribution is -0.255. The highest BCUT2D eigenvalue weighted by molar-refractivity contribution is 8.14. The Labute approximate surface area is 180 Å². The van der Waals surface area contributed by atoms with E-state index in [1.165, 1.54) is 30.5 Å². The lowest BCUT2D eigenvalue weighted by atomic mass is 10.2. The van der Waals surface area contributed by atoms with Crippen molar-refractivity contribution in [1.29, 1.82) is 0 Å². The van der Waals surface area contributed by atoms with Crippen LogP contribution in [0, 0.1) is 0 Å². The van der Waals surface area contributed by atoms with Gasteiger partial charge in [0, 0.05) is 6.42 Å². The molecule has 2 N–H and O–H groups in total. The van der Waals surface area contributed by atoms with Crippen molar-refractivity contribution < 1.29 is 29.0 Å². The quantitative estimate of drug-likeness (QED) is 0.306. The number of ether oxygens (including phenoxy) is 2. The maximum atomic E-state index is 12.7. The number of amidine groups is 1. The molecule has 0 radical (unpaired) electrons. The summed E-state index contributed by atoms with van der Waals surface area (Å²) in [6.45, 7) is 0.167. The minimum Gasteiger partial charge on any atom is -0.545 e. The van der Waals surface area contributed by atoms with Crippen molar-refractivity contribution in [3.05, 3.63) is 53.6 Å². The summed E-state index contributed by atoms with van der Waals surface area (Å²) in [6, 6.07) is 10.7. The van der Waals surface area contributed by atoms with E-state index in [1.807, 2.05) is 0 Å². The second kappa shape index (κ2) is 8.48. The number of nitrogens with two attached hydrogens (primary N) is 1. The molecule has 2 aromatic carbocycles. The molecule has 2 heterocycles. The van der Waals surface area contributed by atoms with Gasteiger partial charge in [0.05, 0.1) is 17.9 Å². The number of fused-ring (bicyclic) bond motifs is 1. The molecule has 158 valence electrons. The lowest BCUT2D eigenvalue weighted by Crippen LogP contribution is -2.32. The van der Waals surface area contributed by atoms with Crippen molar-refractivity contribution in [1.82, 2.24) is 0 Å². The van der Waals surface area contributed by atoms with Crippen LogP contribution in [-0.2, 0) is 9.59 Å². The molecule has 0 unspecified atom stereocenters. The summed E-state index contributed by atoms with van der Waals surface area (Å²) in [5.74, 6) is -1.12.